The van der Waals surface area contributed by atoms with Gasteiger partial charge in [-0.3, -0.25) is 9.52 Å². The molecule has 0 amide bonds. The first kappa shape index (κ1) is 11.8. The predicted molar refractivity (Wildman–Crippen MR) is 67.0 cm³/mol. The molecule has 0 bridgehead atoms. The largest absolute Gasteiger partial charge is 0.297 e. The molecule has 0 fully saturated rings. The number of sulfonamides is 1. The third-order valence-corrected chi connectivity index (χ3v) is 4.32. The van der Waals surface area contributed by atoms with Gasteiger partial charge in [0.2, 0.25) is 0 Å². The van der Waals surface area contributed by atoms with Gasteiger partial charge in [-0.15, -0.1) is 11.3 Å². The van der Waals surface area contributed by atoms with Crippen molar-refractivity contribution in [2.45, 2.75) is 4.90 Å². The highest BCUT2D eigenvalue weighted by atomic mass is 32.2. The lowest BCUT2D eigenvalue weighted by Crippen LogP contribution is -2.13. The molecule has 88 valence electrons. The summed E-state index contributed by atoms with van der Waals surface area (Å²) in [6, 6.07) is 9.57. The number of anilines is 1. The van der Waals surface area contributed by atoms with Crippen LogP contribution in [0.2, 0.25) is 0 Å². The minimum atomic E-state index is -3.62. The molecule has 6 heteroatoms. The highest BCUT2D eigenvalue weighted by Crippen LogP contribution is 2.23. The van der Waals surface area contributed by atoms with Crippen molar-refractivity contribution in [3.63, 3.8) is 0 Å². The van der Waals surface area contributed by atoms with E-state index in [2.05, 4.69) is 4.72 Å². The van der Waals surface area contributed by atoms with E-state index in [4.69, 9.17) is 0 Å². The lowest BCUT2D eigenvalue weighted by Gasteiger charge is -2.06. The number of rotatable bonds is 4. The van der Waals surface area contributed by atoms with Gasteiger partial charge in [0.15, 0.2) is 6.29 Å². The van der Waals surface area contributed by atoms with Crippen molar-refractivity contribution < 1.29 is 13.2 Å². The van der Waals surface area contributed by atoms with E-state index >= 15 is 0 Å². The van der Waals surface area contributed by atoms with Crippen LogP contribution in [0.5, 0.6) is 0 Å². The predicted octanol–water partition coefficient (Wildman–Crippen LogP) is 2.36. The van der Waals surface area contributed by atoms with E-state index in [1.165, 1.54) is 23.5 Å². The second-order valence-corrected chi connectivity index (χ2v) is 5.87. The summed E-state index contributed by atoms with van der Waals surface area (Å²) in [5, 5.41) is 1.66. The second kappa shape index (κ2) is 4.68. The van der Waals surface area contributed by atoms with E-state index in [-0.39, 0.29) is 4.90 Å². The highest BCUT2D eigenvalue weighted by Gasteiger charge is 2.15. The number of aldehydes is 1. The van der Waals surface area contributed by atoms with Gasteiger partial charge in [0.25, 0.3) is 10.0 Å². The quantitative estimate of drug-likeness (QED) is 0.865. The number of benzene rings is 1. The Bertz CT molecular complexity index is 617. The van der Waals surface area contributed by atoms with Crippen LogP contribution in [0.3, 0.4) is 0 Å². The van der Waals surface area contributed by atoms with Crippen LogP contribution in [0, 0.1) is 0 Å². The molecule has 2 aromatic rings. The molecule has 1 heterocycles. The van der Waals surface area contributed by atoms with Crippen molar-refractivity contribution in [1.82, 2.24) is 0 Å². The Hall–Kier alpha value is -1.66. The zero-order valence-electron chi connectivity index (χ0n) is 8.66. The highest BCUT2D eigenvalue weighted by molar-refractivity contribution is 7.92. The average Bonchev–Trinajstić information content (AvgIpc) is 2.77. The van der Waals surface area contributed by atoms with Gasteiger partial charge in [-0.1, -0.05) is 18.2 Å². The van der Waals surface area contributed by atoms with Crippen molar-refractivity contribution in [2.75, 3.05) is 4.72 Å². The van der Waals surface area contributed by atoms with Gasteiger partial charge < -0.3 is 0 Å². The Morgan fingerprint density at radius 2 is 1.82 bits per heavy atom. The number of carbonyl (C=O) groups is 1. The molecule has 1 aromatic heterocycles. The molecule has 0 aliphatic heterocycles. The van der Waals surface area contributed by atoms with Crippen molar-refractivity contribution in [2.24, 2.45) is 0 Å². The van der Waals surface area contributed by atoms with Gasteiger partial charge >= 0.3 is 0 Å². The Balaban J connectivity index is 2.33. The first-order valence-electron chi connectivity index (χ1n) is 4.74. The standard InChI is InChI=1S/C11H9NO3S2/c13-8-11-10(6-7-16-11)12-17(14,15)9-4-2-1-3-5-9/h1-8,12H. The van der Waals surface area contributed by atoms with Crippen LogP contribution in [-0.4, -0.2) is 14.7 Å². The van der Waals surface area contributed by atoms with Gasteiger partial charge in [0.1, 0.15) is 0 Å². The van der Waals surface area contributed by atoms with Crippen molar-refractivity contribution >= 4 is 33.3 Å². The van der Waals surface area contributed by atoms with Crippen LogP contribution in [0.4, 0.5) is 5.69 Å². The Morgan fingerprint density at radius 1 is 1.12 bits per heavy atom. The fraction of sp³-hybridized carbons (Fsp3) is 0. The molecular weight excluding hydrogens is 258 g/mol. The number of hydrogen-bond donors (Lipinski definition) is 1. The summed E-state index contributed by atoms with van der Waals surface area (Å²) in [4.78, 5) is 11.2. The molecular formula is C11H9NO3S2. The van der Waals surface area contributed by atoms with E-state index in [1.807, 2.05) is 0 Å². The van der Waals surface area contributed by atoms with Crippen LogP contribution < -0.4 is 4.72 Å². The third-order valence-electron chi connectivity index (χ3n) is 2.10. The average molecular weight is 267 g/mol. The summed E-state index contributed by atoms with van der Waals surface area (Å²) in [6.07, 6.45) is 0.632. The maximum atomic E-state index is 11.9. The van der Waals surface area contributed by atoms with E-state index in [0.717, 1.165) is 0 Å². The Labute approximate surface area is 103 Å². The van der Waals surface area contributed by atoms with Crippen LogP contribution in [0.1, 0.15) is 9.67 Å². The molecule has 0 aliphatic carbocycles. The lowest BCUT2D eigenvalue weighted by atomic mass is 10.4. The summed E-state index contributed by atoms with van der Waals surface area (Å²) >= 11 is 1.19. The number of carbonyl (C=O) groups excluding carboxylic acids is 1. The molecule has 17 heavy (non-hydrogen) atoms. The molecule has 0 saturated carbocycles. The van der Waals surface area contributed by atoms with Crippen molar-refractivity contribution in [3.05, 3.63) is 46.7 Å². The molecule has 1 N–H and O–H groups in total. The zero-order chi connectivity index (χ0) is 12.3. The number of thiophene rings is 1. The second-order valence-electron chi connectivity index (χ2n) is 3.23. The lowest BCUT2D eigenvalue weighted by molar-refractivity contribution is 0.112. The summed E-state index contributed by atoms with van der Waals surface area (Å²) < 4.78 is 26.3. The van der Waals surface area contributed by atoms with Gasteiger partial charge in [0.05, 0.1) is 15.5 Å². The summed E-state index contributed by atoms with van der Waals surface area (Å²) in [6.45, 7) is 0. The molecule has 1 aromatic carbocycles. The molecule has 0 aliphatic rings. The van der Waals surface area contributed by atoms with Crippen LogP contribution in [-0.2, 0) is 10.0 Å². The fourth-order valence-electron chi connectivity index (χ4n) is 1.30. The third kappa shape index (κ3) is 2.54. The van der Waals surface area contributed by atoms with E-state index in [0.29, 0.717) is 16.9 Å². The maximum absolute atomic E-state index is 11.9. The van der Waals surface area contributed by atoms with E-state index < -0.39 is 10.0 Å². The minimum absolute atomic E-state index is 0.169. The monoisotopic (exact) mass is 267 g/mol. The SMILES string of the molecule is O=Cc1sccc1NS(=O)(=O)c1ccccc1. The molecule has 4 nitrogen and oxygen atoms in total. The van der Waals surface area contributed by atoms with Gasteiger partial charge in [-0.2, -0.15) is 0 Å². The molecule has 0 radical (unpaired) electrons. The molecule has 2 rings (SSSR count). The normalized spacial score (nSPS) is 11.1. The zero-order valence-corrected chi connectivity index (χ0v) is 10.3. The smallest absolute Gasteiger partial charge is 0.261 e. The summed E-state index contributed by atoms with van der Waals surface area (Å²) in [5.74, 6) is 0. The van der Waals surface area contributed by atoms with E-state index in [1.54, 1.807) is 29.6 Å². The van der Waals surface area contributed by atoms with Crippen LogP contribution >= 0.6 is 11.3 Å². The minimum Gasteiger partial charge on any atom is -0.297 e. The maximum Gasteiger partial charge on any atom is 0.261 e. The summed E-state index contributed by atoms with van der Waals surface area (Å²) in [5.41, 5.74) is 0.314. The first-order chi connectivity index (χ1) is 8.13. The van der Waals surface area contributed by atoms with Gasteiger partial charge in [-0.05, 0) is 23.6 Å². The van der Waals surface area contributed by atoms with E-state index in [9.17, 15) is 13.2 Å². The van der Waals surface area contributed by atoms with Gasteiger partial charge in [-0.25, -0.2) is 8.42 Å². The molecule has 0 atom stereocenters. The molecule has 0 saturated heterocycles. The Kier molecular flexibility index (Phi) is 3.26. The topological polar surface area (TPSA) is 63.2 Å². The van der Waals surface area contributed by atoms with Crippen LogP contribution in [0.25, 0.3) is 0 Å². The molecule has 0 unspecified atom stereocenters. The van der Waals surface area contributed by atoms with Gasteiger partial charge in [0, 0.05) is 0 Å². The molecule has 0 spiro atoms. The number of nitrogens with one attached hydrogen (secondary N) is 1. The Morgan fingerprint density at radius 3 is 2.47 bits per heavy atom. The summed E-state index contributed by atoms with van der Waals surface area (Å²) in [7, 11) is -3.62. The van der Waals surface area contributed by atoms with Crippen molar-refractivity contribution in [3.8, 4) is 0 Å². The van der Waals surface area contributed by atoms with Crippen molar-refractivity contribution in [1.29, 1.82) is 0 Å². The van der Waals surface area contributed by atoms with Crippen LogP contribution in [0.15, 0.2) is 46.7 Å². The number of hydrogen-bond acceptors (Lipinski definition) is 4. The first-order valence-corrected chi connectivity index (χ1v) is 7.10. The fourth-order valence-corrected chi connectivity index (χ4v) is 3.12.